The average molecular weight is 487 g/mol. The molecule has 3 N–H and O–H groups in total. The number of carboxylic acids is 2. The lowest BCUT2D eigenvalue weighted by Gasteiger charge is -2.70. The van der Waals surface area contributed by atoms with Crippen molar-refractivity contribution in [2.75, 3.05) is 0 Å². The summed E-state index contributed by atoms with van der Waals surface area (Å²) in [6.45, 7) is 13.5. The molecular weight excluding hydrogens is 440 g/mol. The van der Waals surface area contributed by atoms with Gasteiger partial charge in [-0.1, -0.05) is 46.3 Å². The maximum atomic E-state index is 12.8. The normalized spacial score (nSPS) is 52.7. The van der Waals surface area contributed by atoms with Gasteiger partial charge in [0, 0.05) is 0 Å². The standard InChI is InChI=1S/C30H46O5/c1-25(2)13-15-30(24(34)35)16-14-27(4)18(19(30)17-25)7-8-20-26(3)11-10-22(31)29(6,23(32)33)21(26)9-12-28(20,27)5/h7,19-22,31H,8-17H2,1-6H3,(H,32,33)(H,34,35)/t19?,20?,21?,22?,26?,27-,28?,29+,30?/m1/s1. The maximum Gasteiger partial charge on any atom is 0.312 e. The summed E-state index contributed by atoms with van der Waals surface area (Å²) >= 11 is 0. The number of fused-ring (bicyclic) bond motifs is 7. The minimum absolute atomic E-state index is 0.00368. The Morgan fingerprint density at radius 2 is 1.49 bits per heavy atom. The molecule has 9 atom stereocenters. The number of aliphatic hydroxyl groups is 1. The van der Waals surface area contributed by atoms with Crippen molar-refractivity contribution >= 4 is 11.9 Å². The van der Waals surface area contributed by atoms with Crippen LogP contribution in [0.4, 0.5) is 0 Å². The summed E-state index contributed by atoms with van der Waals surface area (Å²) in [4.78, 5) is 25.3. The maximum absolute atomic E-state index is 12.8. The third-order valence-corrected chi connectivity index (χ3v) is 13.2. The fraction of sp³-hybridized carbons (Fsp3) is 0.867. The van der Waals surface area contributed by atoms with E-state index in [0.717, 1.165) is 57.8 Å². The number of hydrogen-bond donors (Lipinski definition) is 3. The summed E-state index contributed by atoms with van der Waals surface area (Å²) in [5.41, 5.74) is -0.437. The highest BCUT2D eigenvalue weighted by molar-refractivity contribution is 5.77. The molecule has 196 valence electrons. The molecule has 0 radical (unpaired) electrons. The molecule has 5 aliphatic rings. The van der Waals surface area contributed by atoms with Gasteiger partial charge in [-0.15, -0.1) is 0 Å². The van der Waals surface area contributed by atoms with E-state index in [2.05, 4.69) is 40.7 Å². The van der Waals surface area contributed by atoms with Crippen LogP contribution in [0.15, 0.2) is 11.6 Å². The molecule has 5 aliphatic carbocycles. The Morgan fingerprint density at radius 1 is 0.829 bits per heavy atom. The Morgan fingerprint density at radius 3 is 2.11 bits per heavy atom. The number of hydrogen-bond acceptors (Lipinski definition) is 3. The Bertz CT molecular complexity index is 983. The number of allylic oxidation sites excluding steroid dienone is 2. The van der Waals surface area contributed by atoms with Crippen LogP contribution in [-0.4, -0.2) is 33.4 Å². The molecule has 0 saturated heterocycles. The first-order valence-electron chi connectivity index (χ1n) is 13.9. The van der Waals surface area contributed by atoms with Crippen LogP contribution in [-0.2, 0) is 9.59 Å². The number of rotatable bonds is 2. The van der Waals surface area contributed by atoms with Crippen LogP contribution in [0.25, 0.3) is 0 Å². The summed E-state index contributed by atoms with van der Waals surface area (Å²) in [5.74, 6) is -1.10. The van der Waals surface area contributed by atoms with Crippen molar-refractivity contribution in [2.24, 2.45) is 50.2 Å². The van der Waals surface area contributed by atoms with E-state index in [1.807, 2.05) is 0 Å². The molecule has 0 aliphatic heterocycles. The smallest absolute Gasteiger partial charge is 0.312 e. The molecule has 7 unspecified atom stereocenters. The van der Waals surface area contributed by atoms with Gasteiger partial charge in [-0.2, -0.15) is 0 Å². The van der Waals surface area contributed by atoms with E-state index in [4.69, 9.17) is 0 Å². The summed E-state index contributed by atoms with van der Waals surface area (Å²) < 4.78 is 0. The molecular formula is C30H46O5. The molecule has 0 spiro atoms. The first kappa shape index (κ1) is 25.3. The highest BCUT2D eigenvalue weighted by Crippen LogP contribution is 2.75. The first-order valence-corrected chi connectivity index (χ1v) is 13.9. The zero-order valence-corrected chi connectivity index (χ0v) is 22.6. The Hall–Kier alpha value is -1.36. The molecule has 5 nitrogen and oxygen atoms in total. The van der Waals surface area contributed by atoms with Crippen molar-refractivity contribution in [3.63, 3.8) is 0 Å². The zero-order valence-electron chi connectivity index (χ0n) is 22.6. The van der Waals surface area contributed by atoms with Gasteiger partial charge in [-0.25, -0.2) is 0 Å². The van der Waals surface area contributed by atoms with E-state index in [0.29, 0.717) is 12.3 Å². The van der Waals surface area contributed by atoms with E-state index < -0.39 is 28.9 Å². The average Bonchev–Trinajstić information content (AvgIpc) is 2.76. The quantitative estimate of drug-likeness (QED) is 0.398. The highest BCUT2D eigenvalue weighted by atomic mass is 16.4. The molecule has 0 aromatic carbocycles. The van der Waals surface area contributed by atoms with Crippen LogP contribution in [0.3, 0.4) is 0 Å². The molecule has 0 aromatic heterocycles. The van der Waals surface area contributed by atoms with Gasteiger partial charge in [-0.05, 0) is 111 Å². The fourth-order valence-corrected chi connectivity index (χ4v) is 10.6. The largest absolute Gasteiger partial charge is 0.481 e. The number of carbonyl (C=O) groups is 2. The van der Waals surface area contributed by atoms with Crippen molar-refractivity contribution in [2.45, 2.75) is 112 Å². The van der Waals surface area contributed by atoms with Gasteiger partial charge in [-0.3, -0.25) is 9.59 Å². The zero-order chi connectivity index (χ0) is 25.8. The molecule has 0 aromatic rings. The van der Waals surface area contributed by atoms with Crippen molar-refractivity contribution < 1.29 is 24.9 Å². The van der Waals surface area contributed by atoms with Crippen LogP contribution in [0.2, 0.25) is 0 Å². The summed E-state index contributed by atoms with van der Waals surface area (Å²) in [5, 5.41) is 31.6. The molecule has 4 saturated carbocycles. The predicted octanol–water partition coefficient (Wildman–Crippen LogP) is 6.30. The topological polar surface area (TPSA) is 94.8 Å². The van der Waals surface area contributed by atoms with Crippen LogP contribution < -0.4 is 0 Å². The second-order valence-electron chi connectivity index (χ2n) is 14.8. The highest BCUT2D eigenvalue weighted by Gasteiger charge is 2.70. The Kier molecular flexibility index (Phi) is 5.32. The number of aliphatic carboxylic acids is 2. The van der Waals surface area contributed by atoms with Gasteiger partial charge >= 0.3 is 11.9 Å². The van der Waals surface area contributed by atoms with E-state index in [1.54, 1.807) is 6.92 Å². The second-order valence-corrected chi connectivity index (χ2v) is 14.8. The van der Waals surface area contributed by atoms with E-state index >= 15 is 0 Å². The van der Waals surface area contributed by atoms with E-state index in [1.165, 1.54) is 5.57 Å². The summed E-state index contributed by atoms with van der Waals surface area (Å²) in [6.07, 6.45) is 9.97. The third kappa shape index (κ3) is 2.97. The van der Waals surface area contributed by atoms with Gasteiger partial charge in [0.15, 0.2) is 0 Å². The molecule has 0 bridgehead atoms. The van der Waals surface area contributed by atoms with E-state index in [9.17, 15) is 24.9 Å². The lowest BCUT2D eigenvalue weighted by Crippen LogP contribution is -2.66. The molecule has 5 rings (SSSR count). The van der Waals surface area contributed by atoms with Gasteiger partial charge in [0.05, 0.1) is 16.9 Å². The van der Waals surface area contributed by atoms with Crippen LogP contribution in [0.1, 0.15) is 106 Å². The summed E-state index contributed by atoms with van der Waals surface area (Å²) in [6, 6.07) is 0. The second kappa shape index (κ2) is 7.36. The number of carboxylic acid groups (broad SMARTS) is 2. The van der Waals surface area contributed by atoms with Crippen molar-refractivity contribution in [1.29, 1.82) is 0 Å². The predicted molar refractivity (Wildman–Crippen MR) is 135 cm³/mol. The van der Waals surface area contributed by atoms with E-state index in [-0.39, 0.29) is 33.5 Å². The fourth-order valence-electron chi connectivity index (χ4n) is 10.6. The third-order valence-electron chi connectivity index (χ3n) is 13.2. The van der Waals surface area contributed by atoms with Crippen LogP contribution in [0.5, 0.6) is 0 Å². The van der Waals surface area contributed by atoms with Crippen LogP contribution in [0, 0.1) is 50.2 Å². The van der Waals surface area contributed by atoms with Crippen molar-refractivity contribution in [1.82, 2.24) is 0 Å². The van der Waals surface area contributed by atoms with Gasteiger partial charge < -0.3 is 15.3 Å². The minimum Gasteiger partial charge on any atom is -0.481 e. The molecule has 4 fully saturated rings. The Labute approximate surface area is 210 Å². The van der Waals surface area contributed by atoms with Crippen LogP contribution >= 0.6 is 0 Å². The lowest BCUT2D eigenvalue weighted by atomic mass is 9.33. The summed E-state index contributed by atoms with van der Waals surface area (Å²) in [7, 11) is 0. The SMILES string of the molecule is CC1(C)CCC2(C(=O)O)CC[C@]3(C)C(=CCC4C5(C)CCC(O)[C@@](C)(C(=O)O)C5CCC43C)C2C1. The van der Waals surface area contributed by atoms with Crippen molar-refractivity contribution in [3.8, 4) is 0 Å². The molecule has 5 heteroatoms. The van der Waals surface area contributed by atoms with Crippen molar-refractivity contribution in [3.05, 3.63) is 11.6 Å². The lowest BCUT2D eigenvalue weighted by molar-refractivity contribution is -0.217. The van der Waals surface area contributed by atoms with Gasteiger partial charge in [0.2, 0.25) is 0 Å². The molecule has 35 heavy (non-hydrogen) atoms. The number of aliphatic hydroxyl groups excluding tert-OH is 1. The molecule has 0 heterocycles. The monoisotopic (exact) mass is 486 g/mol. The molecule has 0 amide bonds. The Balaban J connectivity index is 1.60. The first-order chi connectivity index (χ1) is 16.1. The van der Waals surface area contributed by atoms with Gasteiger partial charge in [0.25, 0.3) is 0 Å². The van der Waals surface area contributed by atoms with Gasteiger partial charge in [0.1, 0.15) is 0 Å². The minimum atomic E-state index is -1.11.